The van der Waals surface area contributed by atoms with Gasteiger partial charge in [-0.15, -0.1) is 0 Å². The fraction of sp³-hybridized carbons (Fsp3) is 0.348. The molecule has 7 heteroatoms. The van der Waals surface area contributed by atoms with Crippen molar-refractivity contribution in [2.75, 3.05) is 42.5 Å². The number of rotatable bonds is 4. The predicted molar refractivity (Wildman–Crippen MR) is 113 cm³/mol. The third-order valence-electron chi connectivity index (χ3n) is 5.76. The van der Waals surface area contributed by atoms with Gasteiger partial charge in [0.25, 0.3) is 5.91 Å². The summed E-state index contributed by atoms with van der Waals surface area (Å²) in [6.45, 7) is 3.93. The van der Waals surface area contributed by atoms with Crippen molar-refractivity contribution < 1.29 is 18.8 Å². The summed E-state index contributed by atoms with van der Waals surface area (Å²) in [4.78, 5) is 42.1. The predicted octanol–water partition coefficient (Wildman–Crippen LogP) is 3.12. The number of nitrogens with zero attached hydrogens (tertiary/aromatic N) is 3. The maximum atomic E-state index is 14.5. The molecule has 2 aromatic rings. The Hall–Kier alpha value is -3.22. The smallest absolute Gasteiger partial charge is 0.256 e. The minimum Gasteiger partial charge on any atom is -0.366 e. The van der Waals surface area contributed by atoms with E-state index < -0.39 is 5.82 Å². The van der Waals surface area contributed by atoms with Crippen LogP contribution in [0.15, 0.2) is 42.5 Å². The van der Waals surface area contributed by atoms with E-state index in [2.05, 4.69) is 0 Å². The van der Waals surface area contributed by atoms with E-state index in [0.29, 0.717) is 61.6 Å². The molecule has 2 aliphatic heterocycles. The lowest BCUT2D eigenvalue weighted by molar-refractivity contribution is -0.117. The minimum atomic E-state index is -0.430. The number of carbonyl (C=O) groups is 3. The lowest BCUT2D eigenvalue weighted by Gasteiger charge is -2.36. The molecule has 0 N–H and O–H groups in total. The van der Waals surface area contributed by atoms with Crippen molar-refractivity contribution in [3.05, 3.63) is 59.4 Å². The first-order chi connectivity index (χ1) is 14.5. The average Bonchev–Trinajstić information content (AvgIpc) is 3.19. The van der Waals surface area contributed by atoms with Crippen LogP contribution in [0.3, 0.4) is 0 Å². The van der Waals surface area contributed by atoms with Crippen molar-refractivity contribution in [3.63, 3.8) is 0 Å². The quantitative estimate of drug-likeness (QED) is 0.728. The summed E-state index contributed by atoms with van der Waals surface area (Å²) in [7, 11) is 0. The second-order valence-electron chi connectivity index (χ2n) is 7.67. The van der Waals surface area contributed by atoms with E-state index in [0.717, 1.165) is 6.42 Å². The van der Waals surface area contributed by atoms with Crippen LogP contribution in [-0.4, -0.2) is 55.2 Å². The van der Waals surface area contributed by atoms with Crippen molar-refractivity contribution in [2.24, 2.45) is 0 Å². The zero-order valence-corrected chi connectivity index (χ0v) is 16.9. The molecule has 0 saturated carbocycles. The SMILES string of the molecule is CC(=O)c1ccc(N2CCN(C(=O)c3ccccc3N3CCCC3=O)CC2)c(F)c1. The van der Waals surface area contributed by atoms with Crippen molar-refractivity contribution in [2.45, 2.75) is 19.8 Å². The van der Waals surface area contributed by atoms with Crippen LogP contribution in [0.1, 0.15) is 40.5 Å². The van der Waals surface area contributed by atoms with E-state index in [1.54, 1.807) is 34.1 Å². The molecule has 2 aromatic carbocycles. The third kappa shape index (κ3) is 3.79. The van der Waals surface area contributed by atoms with Crippen LogP contribution < -0.4 is 9.80 Å². The molecule has 0 aliphatic carbocycles. The topological polar surface area (TPSA) is 60.9 Å². The van der Waals surface area contributed by atoms with Gasteiger partial charge >= 0.3 is 0 Å². The standard InChI is InChI=1S/C23H24FN3O3/c1-16(28)17-8-9-21(19(24)15-17)25-11-13-26(14-12-25)23(30)18-5-2-3-6-20(18)27-10-4-7-22(27)29/h2-3,5-6,8-9,15H,4,7,10-14H2,1H3. The molecular formula is C23H24FN3O3. The van der Waals surface area contributed by atoms with Crippen molar-refractivity contribution in [1.82, 2.24) is 4.90 Å². The van der Waals surface area contributed by atoms with Crippen molar-refractivity contribution >= 4 is 29.0 Å². The van der Waals surface area contributed by atoms with Crippen LogP contribution in [0.5, 0.6) is 0 Å². The van der Waals surface area contributed by atoms with Crippen molar-refractivity contribution in [3.8, 4) is 0 Å². The Morgan fingerprint density at radius 1 is 0.933 bits per heavy atom. The highest BCUT2D eigenvalue weighted by atomic mass is 19.1. The molecule has 0 bridgehead atoms. The number of ketones is 1. The average molecular weight is 409 g/mol. The number of hydrogen-bond acceptors (Lipinski definition) is 4. The lowest BCUT2D eigenvalue weighted by atomic mass is 10.1. The molecule has 30 heavy (non-hydrogen) atoms. The number of piperazine rings is 1. The number of carbonyl (C=O) groups excluding carboxylic acids is 3. The largest absolute Gasteiger partial charge is 0.366 e. The highest BCUT2D eigenvalue weighted by molar-refractivity contribution is 6.05. The Bertz CT molecular complexity index is 999. The van der Waals surface area contributed by atoms with Crippen LogP contribution in [0.4, 0.5) is 15.8 Å². The summed E-state index contributed by atoms with van der Waals surface area (Å²) >= 11 is 0. The van der Waals surface area contributed by atoms with E-state index in [9.17, 15) is 18.8 Å². The summed E-state index contributed by atoms with van der Waals surface area (Å²) in [5, 5.41) is 0. The molecule has 2 saturated heterocycles. The van der Waals surface area contributed by atoms with E-state index in [1.807, 2.05) is 17.0 Å². The normalized spacial score (nSPS) is 16.9. The Balaban J connectivity index is 1.47. The molecule has 2 amide bonds. The minimum absolute atomic E-state index is 0.0459. The van der Waals surface area contributed by atoms with Gasteiger partial charge in [-0.3, -0.25) is 14.4 Å². The van der Waals surface area contributed by atoms with Crippen LogP contribution in [0.2, 0.25) is 0 Å². The van der Waals surface area contributed by atoms with Gasteiger partial charge in [0.2, 0.25) is 5.91 Å². The van der Waals surface area contributed by atoms with Gasteiger partial charge < -0.3 is 14.7 Å². The van der Waals surface area contributed by atoms with Crippen LogP contribution in [0, 0.1) is 5.82 Å². The summed E-state index contributed by atoms with van der Waals surface area (Å²) in [5.41, 5.74) is 1.98. The highest BCUT2D eigenvalue weighted by Crippen LogP contribution is 2.28. The number of para-hydroxylation sites is 1. The van der Waals surface area contributed by atoms with Gasteiger partial charge in [-0.1, -0.05) is 12.1 Å². The second-order valence-corrected chi connectivity index (χ2v) is 7.67. The molecule has 0 aromatic heterocycles. The molecule has 2 fully saturated rings. The Kier molecular flexibility index (Phi) is 5.53. The number of halogens is 1. The first-order valence-electron chi connectivity index (χ1n) is 10.2. The molecule has 4 rings (SSSR count). The molecule has 2 heterocycles. The summed E-state index contributed by atoms with van der Waals surface area (Å²) < 4.78 is 14.5. The summed E-state index contributed by atoms with van der Waals surface area (Å²) in [5.74, 6) is -0.673. The first-order valence-corrected chi connectivity index (χ1v) is 10.2. The molecule has 6 nitrogen and oxygen atoms in total. The number of Topliss-reactive ketones (excluding diaryl/α,β-unsaturated/α-hetero) is 1. The van der Waals surface area contributed by atoms with Crippen LogP contribution in [0.25, 0.3) is 0 Å². The molecular weight excluding hydrogens is 385 g/mol. The van der Waals surface area contributed by atoms with Crippen LogP contribution in [-0.2, 0) is 4.79 Å². The van der Waals surface area contributed by atoms with Gasteiger partial charge in [0, 0.05) is 44.7 Å². The molecule has 0 unspecified atom stereocenters. The molecule has 0 radical (unpaired) electrons. The number of benzene rings is 2. The van der Waals surface area contributed by atoms with E-state index in [1.165, 1.54) is 13.0 Å². The van der Waals surface area contributed by atoms with E-state index >= 15 is 0 Å². The van der Waals surface area contributed by atoms with Gasteiger partial charge in [-0.05, 0) is 43.7 Å². The Morgan fingerprint density at radius 3 is 2.30 bits per heavy atom. The monoisotopic (exact) mass is 409 g/mol. The van der Waals surface area contributed by atoms with Gasteiger partial charge in [0.05, 0.1) is 16.9 Å². The van der Waals surface area contributed by atoms with Crippen LogP contribution >= 0.6 is 0 Å². The van der Waals surface area contributed by atoms with Gasteiger partial charge in [-0.25, -0.2) is 4.39 Å². The van der Waals surface area contributed by atoms with Crippen molar-refractivity contribution in [1.29, 1.82) is 0 Å². The molecule has 2 aliphatic rings. The zero-order chi connectivity index (χ0) is 21.3. The number of amides is 2. The first kappa shape index (κ1) is 20.1. The van der Waals surface area contributed by atoms with E-state index in [-0.39, 0.29) is 17.6 Å². The number of hydrogen-bond donors (Lipinski definition) is 0. The molecule has 0 atom stereocenters. The zero-order valence-electron chi connectivity index (χ0n) is 16.9. The fourth-order valence-electron chi connectivity index (χ4n) is 4.10. The summed E-state index contributed by atoms with van der Waals surface area (Å²) in [6, 6.07) is 11.7. The maximum Gasteiger partial charge on any atom is 0.256 e. The highest BCUT2D eigenvalue weighted by Gasteiger charge is 2.29. The van der Waals surface area contributed by atoms with Gasteiger partial charge in [-0.2, -0.15) is 0 Å². The van der Waals surface area contributed by atoms with E-state index in [4.69, 9.17) is 0 Å². The number of anilines is 2. The molecule has 0 spiro atoms. The van der Waals surface area contributed by atoms with Gasteiger partial charge in [0.15, 0.2) is 5.78 Å². The maximum absolute atomic E-state index is 14.5. The molecule has 156 valence electrons. The Morgan fingerprint density at radius 2 is 1.67 bits per heavy atom. The Labute approximate surface area is 174 Å². The van der Waals surface area contributed by atoms with Gasteiger partial charge in [0.1, 0.15) is 5.82 Å². The fourth-order valence-corrected chi connectivity index (χ4v) is 4.10. The second kappa shape index (κ2) is 8.26. The summed E-state index contributed by atoms with van der Waals surface area (Å²) in [6.07, 6.45) is 1.31. The third-order valence-corrected chi connectivity index (χ3v) is 5.76. The lowest BCUT2D eigenvalue weighted by Crippen LogP contribution is -2.49.